The maximum absolute atomic E-state index is 5.63. The fourth-order valence-corrected chi connectivity index (χ4v) is 1.70. The fourth-order valence-electron chi connectivity index (χ4n) is 1.70. The van der Waals surface area contributed by atoms with E-state index in [4.69, 9.17) is 11.5 Å². The third kappa shape index (κ3) is 2.52. The monoisotopic (exact) mass is 243 g/mol. The number of para-hydroxylation sites is 1. The van der Waals surface area contributed by atoms with Gasteiger partial charge in [0.15, 0.2) is 0 Å². The third-order valence-electron chi connectivity index (χ3n) is 2.77. The molecule has 2 heterocycles. The van der Waals surface area contributed by atoms with E-state index in [-0.39, 0.29) is 0 Å². The van der Waals surface area contributed by atoms with E-state index in [1.54, 1.807) is 6.20 Å². The molecule has 5 N–H and O–H groups in total. The molecule has 0 atom stereocenters. The van der Waals surface area contributed by atoms with Gasteiger partial charge >= 0.3 is 0 Å². The number of anilines is 1. The molecular formula is C13H17N5. The third-order valence-corrected chi connectivity index (χ3v) is 2.77. The molecule has 5 nitrogen and oxygen atoms in total. The van der Waals surface area contributed by atoms with Gasteiger partial charge in [-0.25, -0.2) is 0 Å². The fraction of sp³-hybridized carbons (Fsp3) is 0.154. The summed E-state index contributed by atoms with van der Waals surface area (Å²) >= 11 is 0. The first-order chi connectivity index (χ1) is 8.72. The van der Waals surface area contributed by atoms with Crippen molar-refractivity contribution in [1.29, 1.82) is 0 Å². The lowest BCUT2D eigenvalue weighted by molar-refractivity contribution is 0.824. The Morgan fingerprint density at radius 1 is 1.28 bits per heavy atom. The number of H-pyrrole nitrogens is 1. The molecule has 0 aliphatic rings. The molecule has 5 heteroatoms. The number of nitrogens with zero attached hydrogens (tertiary/aromatic N) is 2. The van der Waals surface area contributed by atoms with E-state index >= 15 is 0 Å². The van der Waals surface area contributed by atoms with Crippen LogP contribution < -0.4 is 11.5 Å². The molecule has 0 fully saturated rings. The van der Waals surface area contributed by atoms with Gasteiger partial charge in [-0.05, 0) is 18.2 Å². The number of aromatic amines is 1. The number of rotatable bonds is 1. The van der Waals surface area contributed by atoms with Crippen molar-refractivity contribution in [2.24, 2.45) is 12.8 Å². The van der Waals surface area contributed by atoms with Crippen LogP contribution in [0.15, 0.2) is 42.7 Å². The lowest BCUT2D eigenvalue weighted by atomic mass is 10.2. The topological polar surface area (TPSA) is 85.7 Å². The summed E-state index contributed by atoms with van der Waals surface area (Å²) in [6.45, 7) is 0.628. The standard InChI is InChI=1S/C7H7N3.C6H10N2/c8-6-3-1-2-5-4-9-10-7(5)6;1-8-4-2-3-6(8)5-7/h1-4H,8H2,(H,9,10);2-4H,5,7H2,1H3. The molecule has 3 rings (SSSR count). The molecule has 94 valence electrons. The maximum atomic E-state index is 5.63. The van der Waals surface area contributed by atoms with E-state index < -0.39 is 0 Å². The number of nitrogen functional groups attached to an aromatic ring is 1. The zero-order valence-electron chi connectivity index (χ0n) is 10.3. The second kappa shape index (κ2) is 5.37. The minimum Gasteiger partial charge on any atom is -0.397 e. The van der Waals surface area contributed by atoms with Gasteiger partial charge in [0.05, 0.1) is 17.4 Å². The second-order valence-electron chi connectivity index (χ2n) is 4.00. The first-order valence-electron chi connectivity index (χ1n) is 5.70. The smallest absolute Gasteiger partial charge is 0.0879 e. The summed E-state index contributed by atoms with van der Waals surface area (Å²) in [5.41, 5.74) is 13.8. The van der Waals surface area contributed by atoms with Gasteiger partial charge < -0.3 is 16.0 Å². The quantitative estimate of drug-likeness (QED) is 0.568. The van der Waals surface area contributed by atoms with Crippen molar-refractivity contribution >= 4 is 16.6 Å². The van der Waals surface area contributed by atoms with E-state index in [1.165, 1.54) is 5.69 Å². The lowest BCUT2D eigenvalue weighted by Gasteiger charge is -1.95. The van der Waals surface area contributed by atoms with Crippen LogP contribution in [0.25, 0.3) is 10.9 Å². The summed E-state index contributed by atoms with van der Waals surface area (Å²) in [6.07, 6.45) is 3.74. The molecule has 0 saturated heterocycles. The van der Waals surface area contributed by atoms with Gasteiger partial charge in [0.1, 0.15) is 0 Å². The Labute approximate surface area is 105 Å². The SMILES string of the molecule is Cn1cccc1CN.Nc1cccc2cn[nH]c12. The molecule has 0 spiro atoms. The Balaban J connectivity index is 0.000000138. The molecule has 0 aliphatic heterocycles. The van der Waals surface area contributed by atoms with Crippen molar-refractivity contribution in [3.63, 3.8) is 0 Å². The molecule has 0 aliphatic carbocycles. The molecule has 2 aromatic heterocycles. The summed E-state index contributed by atoms with van der Waals surface area (Å²) in [5.74, 6) is 0. The highest BCUT2D eigenvalue weighted by atomic mass is 15.1. The highest BCUT2D eigenvalue weighted by Gasteiger charge is 1.95. The molecule has 3 aromatic rings. The molecule has 0 unspecified atom stereocenters. The number of aromatic nitrogens is 3. The number of hydrogen-bond donors (Lipinski definition) is 3. The van der Waals surface area contributed by atoms with Gasteiger partial charge in [-0.3, -0.25) is 5.10 Å². The Bertz CT molecular complexity index is 623. The molecular weight excluding hydrogens is 226 g/mol. The zero-order chi connectivity index (χ0) is 13.0. The van der Waals surface area contributed by atoms with Crippen molar-refractivity contribution < 1.29 is 0 Å². The van der Waals surface area contributed by atoms with E-state index in [0.717, 1.165) is 16.6 Å². The van der Waals surface area contributed by atoms with Crippen molar-refractivity contribution in [3.8, 4) is 0 Å². The minimum absolute atomic E-state index is 0.628. The van der Waals surface area contributed by atoms with Crippen LogP contribution in [-0.2, 0) is 13.6 Å². The molecule has 0 amide bonds. The summed E-state index contributed by atoms with van der Waals surface area (Å²) in [5, 5.41) is 7.73. The van der Waals surface area contributed by atoms with Gasteiger partial charge in [-0.15, -0.1) is 0 Å². The van der Waals surface area contributed by atoms with E-state index in [9.17, 15) is 0 Å². The Morgan fingerprint density at radius 3 is 2.67 bits per heavy atom. The average Bonchev–Trinajstić information content (AvgIpc) is 2.99. The van der Waals surface area contributed by atoms with E-state index in [0.29, 0.717) is 6.54 Å². The zero-order valence-corrected chi connectivity index (χ0v) is 10.3. The van der Waals surface area contributed by atoms with Crippen LogP contribution >= 0.6 is 0 Å². The van der Waals surface area contributed by atoms with Crippen LogP contribution in [0.5, 0.6) is 0 Å². The first kappa shape index (κ1) is 12.2. The van der Waals surface area contributed by atoms with Crippen molar-refractivity contribution in [2.75, 3.05) is 5.73 Å². The summed E-state index contributed by atoms with van der Waals surface area (Å²) < 4.78 is 2.01. The van der Waals surface area contributed by atoms with Crippen LogP contribution in [0.2, 0.25) is 0 Å². The summed E-state index contributed by atoms with van der Waals surface area (Å²) in [6, 6.07) is 9.73. The molecule has 0 saturated carbocycles. The van der Waals surface area contributed by atoms with Gasteiger partial charge in [0.2, 0.25) is 0 Å². The number of aryl methyl sites for hydroxylation is 1. The largest absolute Gasteiger partial charge is 0.397 e. The Kier molecular flexibility index (Phi) is 3.64. The number of hydrogen-bond acceptors (Lipinski definition) is 3. The molecule has 1 aromatic carbocycles. The predicted molar refractivity (Wildman–Crippen MR) is 73.8 cm³/mol. The molecule has 0 bridgehead atoms. The maximum Gasteiger partial charge on any atom is 0.0879 e. The normalized spacial score (nSPS) is 10.1. The minimum atomic E-state index is 0.628. The van der Waals surface area contributed by atoms with Crippen molar-refractivity contribution in [2.45, 2.75) is 6.54 Å². The lowest BCUT2D eigenvalue weighted by Crippen LogP contribution is -2.01. The number of nitrogens with one attached hydrogen (secondary N) is 1. The van der Waals surface area contributed by atoms with E-state index in [1.807, 2.05) is 48.1 Å². The number of nitrogens with two attached hydrogens (primary N) is 2. The van der Waals surface area contributed by atoms with Gasteiger partial charge in [0.25, 0.3) is 0 Å². The molecule has 0 radical (unpaired) electrons. The van der Waals surface area contributed by atoms with Crippen LogP contribution in [0.4, 0.5) is 5.69 Å². The predicted octanol–water partition coefficient (Wildman–Crippen LogP) is 1.63. The van der Waals surface area contributed by atoms with Crippen LogP contribution in [-0.4, -0.2) is 14.8 Å². The van der Waals surface area contributed by atoms with Gasteiger partial charge in [-0.1, -0.05) is 12.1 Å². The highest BCUT2D eigenvalue weighted by molar-refractivity contribution is 5.88. The van der Waals surface area contributed by atoms with Gasteiger partial charge in [0, 0.05) is 30.9 Å². The van der Waals surface area contributed by atoms with E-state index in [2.05, 4.69) is 10.2 Å². The Morgan fingerprint density at radius 2 is 2.11 bits per heavy atom. The average molecular weight is 243 g/mol. The van der Waals surface area contributed by atoms with Crippen LogP contribution in [0.3, 0.4) is 0 Å². The summed E-state index contributed by atoms with van der Waals surface area (Å²) in [4.78, 5) is 0. The van der Waals surface area contributed by atoms with Crippen molar-refractivity contribution in [1.82, 2.24) is 14.8 Å². The first-order valence-corrected chi connectivity index (χ1v) is 5.70. The van der Waals surface area contributed by atoms with Crippen LogP contribution in [0, 0.1) is 0 Å². The highest BCUT2D eigenvalue weighted by Crippen LogP contribution is 2.16. The van der Waals surface area contributed by atoms with Crippen LogP contribution in [0.1, 0.15) is 5.69 Å². The number of benzene rings is 1. The van der Waals surface area contributed by atoms with Gasteiger partial charge in [-0.2, -0.15) is 5.10 Å². The summed E-state index contributed by atoms with van der Waals surface area (Å²) in [7, 11) is 1.99. The molecule has 18 heavy (non-hydrogen) atoms. The van der Waals surface area contributed by atoms with Crippen molar-refractivity contribution in [3.05, 3.63) is 48.4 Å². The Hall–Kier alpha value is -2.27. The number of fused-ring (bicyclic) bond motifs is 1. The second-order valence-corrected chi connectivity index (χ2v) is 4.00.